The van der Waals surface area contributed by atoms with E-state index in [0.29, 0.717) is 17.9 Å². The Morgan fingerprint density at radius 3 is 2.54 bits per heavy atom. The molecule has 0 radical (unpaired) electrons. The molecule has 2 rings (SSSR count). The third kappa shape index (κ3) is 2.02. The van der Waals surface area contributed by atoms with Crippen LogP contribution in [-0.4, -0.2) is 36.5 Å². The molecule has 0 unspecified atom stereocenters. The van der Waals surface area contributed by atoms with Crippen LogP contribution in [-0.2, 0) is 4.79 Å². The van der Waals surface area contributed by atoms with E-state index in [1.165, 1.54) is 12.8 Å². The van der Waals surface area contributed by atoms with Gasteiger partial charge in [-0.2, -0.15) is 0 Å². The molecule has 1 amide bonds. The molecule has 13 heavy (non-hydrogen) atoms. The van der Waals surface area contributed by atoms with E-state index in [4.69, 9.17) is 0 Å². The molecule has 1 N–H and O–H groups in total. The lowest BCUT2D eigenvalue weighted by Crippen LogP contribution is -2.45. The molecular weight excluding hydrogens is 164 g/mol. The number of nitrogens with zero attached hydrogens (tertiary/aromatic N) is 1. The Labute approximate surface area is 79.5 Å². The summed E-state index contributed by atoms with van der Waals surface area (Å²) in [6, 6.07) is 0.588. The minimum atomic E-state index is 0.372. The predicted molar refractivity (Wildman–Crippen MR) is 51.4 cm³/mol. The van der Waals surface area contributed by atoms with Gasteiger partial charge in [-0.25, -0.2) is 0 Å². The Hall–Kier alpha value is -0.570. The molecule has 0 aromatic carbocycles. The normalized spacial score (nSPS) is 22.5. The monoisotopic (exact) mass is 182 g/mol. The van der Waals surface area contributed by atoms with Crippen molar-refractivity contribution in [1.29, 1.82) is 0 Å². The van der Waals surface area contributed by atoms with E-state index in [2.05, 4.69) is 17.1 Å². The summed E-state index contributed by atoms with van der Waals surface area (Å²) in [4.78, 5) is 13.8. The first-order valence-electron chi connectivity index (χ1n) is 5.31. The first-order chi connectivity index (χ1) is 6.31. The maximum atomic E-state index is 11.8. The average molecular weight is 182 g/mol. The van der Waals surface area contributed by atoms with Gasteiger partial charge in [0.05, 0.1) is 0 Å². The summed E-state index contributed by atoms with van der Waals surface area (Å²) in [7, 11) is 0. The summed E-state index contributed by atoms with van der Waals surface area (Å²) < 4.78 is 0. The maximum Gasteiger partial charge on any atom is 0.223 e. The molecule has 1 aliphatic heterocycles. The fourth-order valence-electron chi connectivity index (χ4n) is 1.88. The van der Waals surface area contributed by atoms with E-state index >= 15 is 0 Å². The second-order valence-corrected chi connectivity index (χ2v) is 4.14. The van der Waals surface area contributed by atoms with Gasteiger partial charge in [-0.1, -0.05) is 0 Å². The molecule has 2 aliphatic rings. The van der Waals surface area contributed by atoms with E-state index in [9.17, 15) is 4.79 Å². The second-order valence-electron chi connectivity index (χ2n) is 4.14. The number of nitrogens with one attached hydrogen (secondary N) is 1. The summed E-state index contributed by atoms with van der Waals surface area (Å²) in [6.45, 7) is 5.04. The van der Waals surface area contributed by atoms with E-state index in [1.54, 1.807) is 0 Å². The standard InChI is InChI=1S/C10H18N2O/c1-2-12(9-3-4-9)10(13)5-8-6-11-7-8/h8-9,11H,2-7H2,1H3. The lowest BCUT2D eigenvalue weighted by atomic mass is 9.98. The van der Waals surface area contributed by atoms with Crippen LogP contribution >= 0.6 is 0 Å². The number of carbonyl (C=O) groups is 1. The molecule has 0 spiro atoms. The Bertz CT molecular complexity index is 197. The molecule has 1 saturated heterocycles. The van der Waals surface area contributed by atoms with E-state index in [1.807, 2.05) is 0 Å². The highest BCUT2D eigenvalue weighted by molar-refractivity contribution is 5.77. The van der Waals surface area contributed by atoms with Crippen molar-refractivity contribution >= 4 is 5.91 Å². The van der Waals surface area contributed by atoms with Crippen molar-refractivity contribution in [2.75, 3.05) is 19.6 Å². The van der Waals surface area contributed by atoms with Gasteiger partial charge in [-0.3, -0.25) is 4.79 Å². The number of rotatable bonds is 4. The molecule has 0 bridgehead atoms. The number of carbonyl (C=O) groups excluding carboxylic acids is 1. The van der Waals surface area contributed by atoms with Gasteiger partial charge in [-0.15, -0.1) is 0 Å². The number of hydrogen-bond donors (Lipinski definition) is 1. The summed E-state index contributed by atoms with van der Waals surface area (Å²) in [6.07, 6.45) is 3.21. The molecule has 2 fully saturated rings. The van der Waals surface area contributed by atoms with Gasteiger partial charge >= 0.3 is 0 Å². The molecule has 3 heteroatoms. The zero-order chi connectivity index (χ0) is 9.26. The van der Waals surface area contributed by atoms with Crippen molar-refractivity contribution in [3.63, 3.8) is 0 Å². The molecule has 74 valence electrons. The van der Waals surface area contributed by atoms with Gasteiger partial charge in [0.2, 0.25) is 5.91 Å². The molecule has 3 nitrogen and oxygen atoms in total. The van der Waals surface area contributed by atoms with Gasteiger partial charge in [0.25, 0.3) is 0 Å². The summed E-state index contributed by atoms with van der Waals surface area (Å²) in [5.41, 5.74) is 0. The van der Waals surface area contributed by atoms with Gasteiger partial charge in [0, 0.05) is 19.0 Å². The fourth-order valence-corrected chi connectivity index (χ4v) is 1.88. The maximum absolute atomic E-state index is 11.8. The zero-order valence-electron chi connectivity index (χ0n) is 8.25. The lowest BCUT2D eigenvalue weighted by Gasteiger charge is -2.29. The highest BCUT2D eigenvalue weighted by atomic mass is 16.2. The summed E-state index contributed by atoms with van der Waals surface area (Å²) in [5.74, 6) is 0.983. The minimum Gasteiger partial charge on any atom is -0.340 e. The SMILES string of the molecule is CCN(C(=O)CC1CNC1)C1CC1. The quantitative estimate of drug-likeness (QED) is 0.691. The topological polar surface area (TPSA) is 32.3 Å². The fraction of sp³-hybridized carbons (Fsp3) is 0.900. The van der Waals surface area contributed by atoms with Crippen LogP contribution in [0.5, 0.6) is 0 Å². The van der Waals surface area contributed by atoms with Crippen LogP contribution < -0.4 is 5.32 Å². The van der Waals surface area contributed by atoms with Gasteiger partial charge < -0.3 is 10.2 Å². The van der Waals surface area contributed by atoms with E-state index in [-0.39, 0.29) is 0 Å². The van der Waals surface area contributed by atoms with Crippen LogP contribution in [0.25, 0.3) is 0 Å². The van der Waals surface area contributed by atoms with Gasteiger partial charge in [0.15, 0.2) is 0 Å². The summed E-state index contributed by atoms with van der Waals surface area (Å²) >= 11 is 0. The van der Waals surface area contributed by atoms with Crippen LogP contribution in [0.2, 0.25) is 0 Å². The van der Waals surface area contributed by atoms with Crippen molar-refractivity contribution in [2.45, 2.75) is 32.2 Å². The van der Waals surface area contributed by atoms with Crippen LogP contribution in [0.15, 0.2) is 0 Å². The van der Waals surface area contributed by atoms with Crippen LogP contribution in [0.1, 0.15) is 26.2 Å². The van der Waals surface area contributed by atoms with Crippen molar-refractivity contribution in [3.8, 4) is 0 Å². The van der Waals surface area contributed by atoms with Crippen molar-refractivity contribution in [2.24, 2.45) is 5.92 Å². The van der Waals surface area contributed by atoms with Gasteiger partial charge in [-0.05, 0) is 38.8 Å². The first kappa shape index (κ1) is 9.00. The highest BCUT2D eigenvalue weighted by Crippen LogP contribution is 2.27. The van der Waals surface area contributed by atoms with E-state index in [0.717, 1.165) is 26.1 Å². The third-order valence-electron chi connectivity index (χ3n) is 2.98. The molecule has 1 saturated carbocycles. The number of amides is 1. The largest absolute Gasteiger partial charge is 0.340 e. The van der Waals surface area contributed by atoms with Crippen molar-refractivity contribution in [3.05, 3.63) is 0 Å². The average Bonchev–Trinajstić information content (AvgIpc) is 2.82. The molecule has 1 heterocycles. The molecule has 0 atom stereocenters. The number of hydrogen-bond acceptors (Lipinski definition) is 2. The minimum absolute atomic E-state index is 0.372. The lowest BCUT2D eigenvalue weighted by molar-refractivity contribution is -0.132. The van der Waals surface area contributed by atoms with Crippen LogP contribution in [0, 0.1) is 5.92 Å². The van der Waals surface area contributed by atoms with E-state index < -0.39 is 0 Å². The zero-order valence-corrected chi connectivity index (χ0v) is 8.25. The molecule has 0 aromatic rings. The second kappa shape index (κ2) is 3.66. The Balaban J connectivity index is 1.78. The highest BCUT2D eigenvalue weighted by Gasteiger charge is 2.32. The Morgan fingerprint density at radius 1 is 1.46 bits per heavy atom. The Morgan fingerprint density at radius 2 is 2.15 bits per heavy atom. The molecular formula is C10H18N2O. The first-order valence-corrected chi connectivity index (χ1v) is 5.31. The summed E-state index contributed by atoms with van der Waals surface area (Å²) in [5, 5.41) is 3.20. The molecule has 1 aliphatic carbocycles. The van der Waals surface area contributed by atoms with Crippen molar-refractivity contribution < 1.29 is 4.79 Å². The van der Waals surface area contributed by atoms with Crippen LogP contribution in [0.3, 0.4) is 0 Å². The van der Waals surface area contributed by atoms with Crippen molar-refractivity contribution in [1.82, 2.24) is 10.2 Å². The van der Waals surface area contributed by atoms with Gasteiger partial charge in [0.1, 0.15) is 0 Å². The van der Waals surface area contributed by atoms with Crippen LogP contribution in [0.4, 0.5) is 0 Å². The smallest absolute Gasteiger partial charge is 0.223 e. The third-order valence-corrected chi connectivity index (χ3v) is 2.98. The molecule has 0 aromatic heterocycles. The predicted octanol–water partition coefficient (Wildman–Crippen LogP) is 0.607. The Kier molecular flexibility index (Phi) is 2.54.